The summed E-state index contributed by atoms with van der Waals surface area (Å²) in [6.45, 7) is 2.68. The van der Waals surface area contributed by atoms with Crippen LogP contribution in [-0.2, 0) is 31.0 Å². The van der Waals surface area contributed by atoms with E-state index in [9.17, 15) is 18.0 Å². The Hall–Kier alpha value is -3.22. The maximum Gasteiger partial charge on any atom is 0.324 e. The van der Waals surface area contributed by atoms with Gasteiger partial charge in [0.2, 0.25) is 15.9 Å². The third kappa shape index (κ3) is 5.90. The fraction of sp³-hybridized carbons (Fsp3) is 0.211. The van der Waals surface area contributed by atoms with Gasteiger partial charge in [-0.25, -0.2) is 8.42 Å². The second-order valence-corrected chi connectivity index (χ2v) is 7.68. The number of hydrogen-bond donors (Lipinski definition) is 2. The van der Waals surface area contributed by atoms with Crippen LogP contribution in [0, 0.1) is 11.3 Å². The number of nitrogens with zero attached hydrogens (tertiary/aromatic N) is 1. The Morgan fingerprint density at radius 1 is 1.11 bits per heavy atom. The van der Waals surface area contributed by atoms with E-state index >= 15 is 0 Å². The van der Waals surface area contributed by atoms with Gasteiger partial charge in [0, 0.05) is 12.6 Å². The van der Waals surface area contributed by atoms with E-state index in [1.54, 1.807) is 24.3 Å². The van der Waals surface area contributed by atoms with E-state index in [4.69, 9.17) is 10.00 Å². The molecule has 0 saturated heterocycles. The molecule has 0 bridgehead atoms. The number of carbonyl (C=O) groups is 2. The number of anilines is 1. The molecule has 0 aromatic heterocycles. The number of rotatable bonds is 7. The van der Waals surface area contributed by atoms with Gasteiger partial charge in [0.1, 0.15) is 12.6 Å². The van der Waals surface area contributed by atoms with Crippen LogP contribution in [0.4, 0.5) is 5.69 Å². The summed E-state index contributed by atoms with van der Waals surface area (Å²) in [5.41, 5.74) is 1.62. The fourth-order valence-electron chi connectivity index (χ4n) is 2.22. The van der Waals surface area contributed by atoms with Gasteiger partial charge in [-0.15, -0.1) is 0 Å². The Labute approximate surface area is 163 Å². The molecule has 2 N–H and O–H groups in total. The standard InChI is InChI=1S/C19H19N3O5S/c1-13(19(24)27-12-16-5-3-15(11-20)4-6-16)22-28(25,26)18-9-7-17(8-10-18)21-14(2)23/h3-10,13,22H,12H2,1-2H3,(H,21,23)/t13-/m0/s1. The zero-order valence-corrected chi connectivity index (χ0v) is 16.1. The highest BCUT2D eigenvalue weighted by Crippen LogP contribution is 2.15. The molecule has 0 unspecified atom stereocenters. The molecular formula is C19H19N3O5S. The van der Waals surface area contributed by atoms with Crippen molar-refractivity contribution in [3.05, 3.63) is 59.7 Å². The molecular weight excluding hydrogens is 382 g/mol. The van der Waals surface area contributed by atoms with Crippen LogP contribution in [0.5, 0.6) is 0 Å². The smallest absolute Gasteiger partial charge is 0.324 e. The average molecular weight is 401 g/mol. The van der Waals surface area contributed by atoms with Crippen LogP contribution in [0.2, 0.25) is 0 Å². The molecule has 9 heteroatoms. The Bertz CT molecular complexity index is 993. The number of carbonyl (C=O) groups excluding carboxylic acids is 2. The summed E-state index contributed by atoms with van der Waals surface area (Å²) in [7, 11) is -3.94. The second-order valence-electron chi connectivity index (χ2n) is 5.96. The van der Waals surface area contributed by atoms with Crippen molar-refractivity contribution in [1.82, 2.24) is 4.72 Å². The molecule has 0 aliphatic carbocycles. The van der Waals surface area contributed by atoms with Crippen LogP contribution in [0.1, 0.15) is 25.0 Å². The minimum Gasteiger partial charge on any atom is -0.460 e. The van der Waals surface area contributed by atoms with Crippen LogP contribution in [0.15, 0.2) is 53.4 Å². The van der Waals surface area contributed by atoms with Gasteiger partial charge in [0.25, 0.3) is 0 Å². The molecule has 0 aliphatic rings. The Balaban J connectivity index is 1.95. The molecule has 2 aromatic carbocycles. The van der Waals surface area contributed by atoms with E-state index in [0.29, 0.717) is 16.8 Å². The molecule has 0 saturated carbocycles. The lowest BCUT2D eigenvalue weighted by atomic mass is 10.2. The fourth-order valence-corrected chi connectivity index (χ4v) is 3.42. The maximum absolute atomic E-state index is 12.4. The van der Waals surface area contributed by atoms with Crippen LogP contribution in [-0.4, -0.2) is 26.3 Å². The Kier molecular flexibility index (Phi) is 6.87. The number of hydrogen-bond acceptors (Lipinski definition) is 6. The lowest BCUT2D eigenvalue weighted by Crippen LogP contribution is -2.39. The van der Waals surface area contributed by atoms with E-state index in [2.05, 4.69) is 10.0 Å². The molecule has 8 nitrogen and oxygen atoms in total. The zero-order valence-electron chi connectivity index (χ0n) is 15.3. The summed E-state index contributed by atoms with van der Waals surface area (Å²) in [5, 5.41) is 11.3. The molecule has 146 valence electrons. The van der Waals surface area contributed by atoms with Crippen LogP contribution >= 0.6 is 0 Å². The Morgan fingerprint density at radius 3 is 2.25 bits per heavy atom. The monoisotopic (exact) mass is 401 g/mol. The Morgan fingerprint density at radius 2 is 1.71 bits per heavy atom. The average Bonchev–Trinajstić information content (AvgIpc) is 2.66. The number of nitriles is 1. The van der Waals surface area contributed by atoms with Crippen molar-refractivity contribution >= 4 is 27.6 Å². The van der Waals surface area contributed by atoms with Gasteiger partial charge in [0.05, 0.1) is 16.5 Å². The van der Waals surface area contributed by atoms with Crippen molar-refractivity contribution in [1.29, 1.82) is 5.26 Å². The predicted molar refractivity (Wildman–Crippen MR) is 101 cm³/mol. The van der Waals surface area contributed by atoms with Gasteiger partial charge in [-0.3, -0.25) is 9.59 Å². The highest BCUT2D eigenvalue weighted by Gasteiger charge is 2.23. The number of esters is 1. The molecule has 0 heterocycles. The van der Waals surface area contributed by atoms with Crippen LogP contribution in [0.25, 0.3) is 0 Å². The predicted octanol–water partition coefficient (Wildman–Crippen LogP) is 1.93. The van der Waals surface area contributed by atoms with Crippen molar-refractivity contribution in [2.24, 2.45) is 0 Å². The molecule has 0 aliphatic heterocycles. The third-order valence-corrected chi connectivity index (χ3v) is 5.19. The molecule has 28 heavy (non-hydrogen) atoms. The lowest BCUT2D eigenvalue weighted by Gasteiger charge is -2.14. The van der Waals surface area contributed by atoms with Gasteiger partial charge in [-0.05, 0) is 48.9 Å². The van der Waals surface area contributed by atoms with Gasteiger partial charge >= 0.3 is 5.97 Å². The minimum atomic E-state index is -3.94. The van der Waals surface area contributed by atoms with E-state index < -0.39 is 22.0 Å². The van der Waals surface area contributed by atoms with Crippen molar-refractivity contribution < 1.29 is 22.7 Å². The largest absolute Gasteiger partial charge is 0.460 e. The van der Waals surface area contributed by atoms with Crippen molar-refractivity contribution in [3.63, 3.8) is 0 Å². The number of sulfonamides is 1. The van der Waals surface area contributed by atoms with Crippen molar-refractivity contribution in [3.8, 4) is 6.07 Å². The molecule has 1 amide bonds. The quantitative estimate of drug-likeness (QED) is 0.683. The molecule has 2 aromatic rings. The van der Waals surface area contributed by atoms with Crippen molar-refractivity contribution in [2.75, 3.05) is 5.32 Å². The number of benzene rings is 2. The van der Waals surface area contributed by atoms with E-state index in [1.807, 2.05) is 6.07 Å². The molecule has 0 spiro atoms. The lowest BCUT2D eigenvalue weighted by molar-refractivity contribution is -0.146. The summed E-state index contributed by atoms with van der Waals surface area (Å²) in [6, 6.07) is 12.9. The summed E-state index contributed by atoms with van der Waals surface area (Å²) < 4.78 is 32.1. The first-order chi connectivity index (χ1) is 13.2. The molecule has 1 atom stereocenters. The van der Waals surface area contributed by atoms with Gasteiger partial charge in [-0.1, -0.05) is 12.1 Å². The van der Waals surface area contributed by atoms with E-state index in [1.165, 1.54) is 38.1 Å². The second kappa shape index (κ2) is 9.12. The minimum absolute atomic E-state index is 0.0397. The zero-order chi connectivity index (χ0) is 20.7. The first-order valence-electron chi connectivity index (χ1n) is 8.27. The van der Waals surface area contributed by atoms with E-state index in [0.717, 1.165) is 0 Å². The van der Waals surface area contributed by atoms with Gasteiger partial charge in [0.15, 0.2) is 0 Å². The molecule has 0 radical (unpaired) electrons. The number of nitrogens with one attached hydrogen (secondary N) is 2. The van der Waals surface area contributed by atoms with Crippen LogP contribution in [0.3, 0.4) is 0 Å². The summed E-state index contributed by atoms with van der Waals surface area (Å²) in [6.07, 6.45) is 0. The van der Waals surface area contributed by atoms with Gasteiger partial charge in [-0.2, -0.15) is 9.98 Å². The molecule has 0 fully saturated rings. The van der Waals surface area contributed by atoms with Crippen LogP contribution < -0.4 is 10.0 Å². The summed E-state index contributed by atoms with van der Waals surface area (Å²) in [4.78, 5) is 23.0. The third-order valence-electron chi connectivity index (χ3n) is 3.63. The molecule has 2 rings (SSSR count). The SMILES string of the molecule is CC(=O)Nc1ccc(S(=O)(=O)N[C@@H](C)C(=O)OCc2ccc(C#N)cc2)cc1. The summed E-state index contributed by atoms with van der Waals surface area (Å²) >= 11 is 0. The van der Waals surface area contributed by atoms with E-state index in [-0.39, 0.29) is 17.4 Å². The maximum atomic E-state index is 12.4. The highest BCUT2D eigenvalue weighted by molar-refractivity contribution is 7.89. The first kappa shape index (κ1) is 21.1. The van der Waals surface area contributed by atoms with Gasteiger partial charge < -0.3 is 10.1 Å². The highest BCUT2D eigenvalue weighted by atomic mass is 32.2. The number of ether oxygens (including phenoxy) is 1. The normalized spacial score (nSPS) is 11.9. The number of amides is 1. The summed E-state index contributed by atoms with van der Waals surface area (Å²) in [5.74, 6) is -1.00. The first-order valence-corrected chi connectivity index (χ1v) is 9.75. The van der Waals surface area contributed by atoms with Crippen molar-refractivity contribution in [2.45, 2.75) is 31.4 Å². The topological polar surface area (TPSA) is 125 Å².